The van der Waals surface area contributed by atoms with E-state index in [4.69, 9.17) is 5.73 Å². The first-order valence-corrected chi connectivity index (χ1v) is 4.70. The summed E-state index contributed by atoms with van der Waals surface area (Å²) in [6.07, 6.45) is 8.99. The lowest BCUT2D eigenvalue weighted by molar-refractivity contribution is 0.606. The molecule has 0 aromatic rings. The van der Waals surface area contributed by atoms with E-state index in [9.17, 15) is 0 Å². The highest BCUT2D eigenvalue weighted by Gasteiger charge is 1.89. The monoisotopic (exact) mass is 155 g/mol. The molecule has 0 aliphatic rings. The molecule has 1 nitrogen and oxygen atoms in total. The lowest BCUT2D eigenvalue weighted by atomic mass is 10.1. The van der Waals surface area contributed by atoms with Gasteiger partial charge in [-0.15, -0.1) is 0 Å². The smallest absolute Gasteiger partial charge is 0.000744 e. The van der Waals surface area contributed by atoms with E-state index in [0.717, 1.165) is 12.1 Å². The first-order valence-electron chi connectivity index (χ1n) is 4.70. The zero-order valence-corrected chi connectivity index (χ0v) is 7.73. The molecular formula is C10H21N. The number of rotatable bonds is 7. The van der Waals surface area contributed by atoms with Crippen LogP contribution >= 0.6 is 0 Å². The molecule has 0 aromatic carbocycles. The van der Waals surface area contributed by atoms with Crippen LogP contribution in [0.4, 0.5) is 0 Å². The van der Waals surface area contributed by atoms with Crippen LogP contribution in [0.5, 0.6) is 0 Å². The van der Waals surface area contributed by atoms with Crippen LogP contribution in [0.1, 0.15) is 51.9 Å². The second-order valence-corrected chi connectivity index (χ2v) is 3.18. The number of allylic oxidation sites excluding steroid dienone is 1. The Bertz CT molecular complexity index is 97.0. The van der Waals surface area contributed by atoms with Gasteiger partial charge >= 0.3 is 0 Å². The van der Waals surface area contributed by atoms with Crippen LogP contribution in [0.2, 0.25) is 0 Å². The summed E-state index contributed by atoms with van der Waals surface area (Å²) in [7, 11) is 0. The maximum Gasteiger partial charge on any atom is 0.000744 e. The first-order chi connectivity index (χ1) is 5.27. The van der Waals surface area contributed by atoms with Crippen molar-refractivity contribution in [3.05, 3.63) is 12.3 Å². The van der Waals surface area contributed by atoms with Crippen molar-refractivity contribution >= 4 is 0 Å². The SMILES string of the molecule is C=C(N)CCCCCCCC. The lowest BCUT2D eigenvalue weighted by Crippen LogP contribution is -1.93. The summed E-state index contributed by atoms with van der Waals surface area (Å²) in [5.74, 6) is 0. The van der Waals surface area contributed by atoms with E-state index in [2.05, 4.69) is 13.5 Å². The van der Waals surface area contributed by atoms with Gasteiger partial charge in [0.15, 0.2) is 0 Å². The molecule has 0 unspecified atom stereocenters. The topological polar surface area (TPSA) is 26.0 Å². The highest BCUT2D eigenvalue weighted by Crippen LogP contribution is 2.07. The fraction of sp³-hybridized carbons (Fsp3) is 0.800. The van der Waals surface area contributed by atoms with Crippen molar-refractivity contribution in [2.75, 3.05) is 0 Å². The van der Waals surface area contributed by atoms with Crippen LogP contribution in [0.25, 0.3) is 0 Å². The van der Waals surface area contributed by atoms with Gasteiger partial charge in [-0.1, -0.05) is 45.6 Å². The van der Waals surface area contributed by atoms with Gasteiger partial charge < -0.3 is 5.73 Å². The van der Waals surface area contributed by atoms with Crippen LogP contribution in [0, 0.1) is 0 Å². The van der Waals surface area contributed by atoms with Crippen molar-refractivity contribution in [1.82, 2.24) is 0 Å². The molecule has 0 amide bonds. The van der Waals surface area contributed by atoms with Gasteiger partial charge in [0.1, 0.15) is 0 Å². The van der Waals surface area contributed by atoms with Crippen molar-refractivity contribution in [3.63, 3.8) is 0 Å². The van der Waals surface area contributed by atoms with Gasteiger partial charge in [0.25, 0.3) is 0 Å². The van der Waals surface area contributed by atoms with Gasteiger partial charge in [0, 0.05) is 5.70 Å². The molecule has 0 radical (unpaired) electrons. The van der Waals surface area contributed by atoms with E-state index in [1.165, 1.54) is 38.5 Å². The average Bonchev–Trinajstić information content (AvgIpc) is 1.96. The van der Waals surface area contributed by atoms with E-state index in [-0.39, 0.29) is 0 Å². The van der Waals surface area contributed by atoms with Gasteiger partial charge in [-0.25, -0.2) is 0 Å². The van der Waals surface area contributed by atoms with E-state index < -0.39 is 0 Å². The van der Waals surface area contributed by atoms with E-state index >= 15 is 0 Å². The standard InChI is InChI=1S/C10H21N/c1-3-4-5-6-7-8-9-10(2)11/h2-9,11H2,1H3. The molecular weight excluding hydrogens is 134 g/mol. The van der Waals surface area contributed by atoms with Gasteiger partial charge in [-0.2, -0.15) is 0 Å². The zero-order chi connectivity index (χ0) is 8.53. The predicted octanol–water partition coefficient (Wildman–Crippen LogP) is 3.21. The second kappa shape index (κ2) is 7.64. The minimum atomic E-state index is 0.834. The Morgan fingerprint density at radius 3 is 2.18 bits per heavy atom. The van der Waals surface area contributed by atoms with Gasteiger partial charge in [-0.3, -0.25) is 0 Å². The Hall–Kier alpha value is -0.460. The zero-order valence-electron chi connectivity index (χ0n) is 7.73. The van der Waals surface area contributed by atoms with Crippen molar-refractivity contribution < 1.29 is 0 Å². The van der Waals surface area contributed by atoms with Gasteiger partial charge in [-0.05, 0) is 12.8 Å². The average molecular weight is 155 g/mol. The Labute approximate surface area is 70.7 Å². The number of unbranched alkanes of at least 4 members (excludes halogenated alkanes) is 5. The molecule has 0 saturated carbocycles. The van der Waals surface area contributed by atoms with Crippen LogP contribution in [-0.4, -0.2) is 0 Å². The fourth-order valence-electron chi connectivity index (χ4n) is 1.13. The molecule has 0 aliphatic heterocycles. The number of hydrogen-bond acceptors (Lipinski definition) is 1. The van der Waals surface area contributed by atoms with E-state index in [0.29, 0.717) is 0 Å². The molecule has 0 aromatic heterocycles. The molecule has 0 rings (SSSR count). The quantitative estimate of drug-likeness (QED) is 0.561. The molecule has 0 aliphatic carbocycles. The van der Waals surface area contributed by atoms with Crippen molar-refractivity contribution in [3.8, 4) is 0 Å². The third-order valence-corrected chi connectivity index (χ3v) is 1.85. The summed E-state index contributed by atoms with van der Waals surface area (Å²) in [6, 6.07) is 0. The predicted molar refractivity (Wildman–Crippen MR) is 51.3 cm³/mol. The maximum atomic E-state index is 5.44. The van der Waals surface area contributed by atoms with Crippen LogP contribution in [0.3, 0.4) is 0 Å². The molecule has 11 heavy (non-hydrogen) atoms. The Morgan fingerprint density at radius 1 is 1.09 bits per heavy atom. The highest BCUT2D eigenvalue weighted by molar-refractivity contribution is 4.84. The second-order valence-electron chi connectivity index (χ2n) is 3.18. The summed E-state index contributed by atoms with van der Waals surface area (Å²) in [4.78, 5) is 0. The van der Waals surface area contributed by atoms with Gasteiger partial charge in [0.05, 0.1) is 0 Å². The summed E-state index contributed by atoms with van der Waals surface area (Å²) < 4.78 is 0. The third kappa shape index (κ3) is 9.54. The molecule has 0 bridgehead atoms. The molecule has 66 valence electrons. The van der Waals surface area contributed by atoms with Crippen LogP contribution in [0.15, 0.2) is 12.3 Å². The molecule has 1 heteroatoms. The summed E-state index contributed by atoms with van der Waals surface area (Å²) in [5.41, 5.74) is 6.27. The number of nitrogens with two attached hydrogens (primary N) is 1. The summed E-state index contributed by atoms with van der Waals surface area (Å²) >= 11 is 0. The Morgan fingerprint density at radius 2 is 1.64 bits per heavy atom. The Kier molecular flexibility index (Phi) is 7.33. The molecule has 0 spiro atoms. The van der Waals surface area contributed by atoms with E-state index in [1.807, 2.05) is 0 Å². The highest BCUT2D eigenvalue weighted by atomic mass is 14.5. The van der Waals surface area contributed by atoms with Crippen LogP contribution in [-0.2, 0) is 0 Å². The maximum absolute atomic E-state index is 5.44. The minimum Gasteiger partial charge on any atom is -0.403 e. The molecule has 2 N–H and O–H groups in total. The van der Waals surface area contributed by atoms with Gasteiger partial charge in [0.2, 0.25) is 0 Å². The molecule has 0 fully saturated rings. The fourth-order valence-corrected chi connectivity index (χ4v) is 1.13. The summed E-state index contributed by atoms with van der Waals surface area (Å²) in [6.45, 7) is 5.90. The third-order valence-electron chi connectivity index (χ3n) is 1.85. The van der Waals surface area contributed by atoms with E-state index in [1.54, 1.807) is 0 Å². The Balaban J connectivity index is 2.85. The van der Waals surface area contributed by atoms with Crippen LogP contribution < -0.4 is 5.73 Å². The van der Waals surface area contributed by atoms with Crippen molar-refractivity contribution in [1.29, 1.82) is 0 Å². The lowest BCUT2D eigenvalue weighted by Gasteiger charge is -1.99. The molecule has 0 saturated heterocycles. The largest absolute Gasteiger partial charge is 0.403 e. The summed E-state index contributed by atoms with van der Waals surface area (Å²) in [5, 5.41) is 0. The molecule has 0 heterocycles. The first kappa shape index (κ1) is 10.5. The minimum absolute atomic E-state index is 0.834. The molecule has 0 atom stereocenters. The number of hydrogen-bond donors (Lipinski definition) is 1. The normalized spacial score (nSPS) is 9.91. The van der Waals surface area contributed by atoms with Crippen molar-refractivity contribution in [2.24, 2.45) is 5.73 Å². The van der Waals surface area contributed by atoms with Crippen molar-refractivity contribution in [2.45, 2.75) is 51.9 Å².